The van der Waals surface area contributed by atoms with E-state index in [2.05, 4.69) is 38.0 Å². The molecule has 0 bridgehead atoms. The summed E-state index contributed by atoms with van der Waals surface area (Å²) < 4.78 is 0. The summed E-state index contributed by atoms with van der Waals surface area (Å²) in [5.74, 6) is 2.12. The van der Waals surface area contributed by atoms with Gasteiger partial charge in [0.1, 0.15) is 5.82 Å². The highest BCUT2D eigenvalue weighted by Crippen LogP contribution is 2.43. The Kier molecular flexibility index (Phi) is 5.15. The minimum Gasteiger partial charge on any atom is -0.313 e. The van der Waals surface area contributed by atoms with Crippen molar-refractivity contribution in [2.45, 2.75) is 49.5 Å². The van der Waals surface area contributed by atoms with Gasteiger partial charge in [0, 0.05) is 39.7 Å². The van der Waals surface area contributed by atoms with Crippen LogP contribution in [0, 0.1) is 6.92 Å². The first kappa shape index (κ1) is 15.1. The Bertz CT molecular complexity index is 439. The molecule has 4 atom stereocenters. The van der Waals surface area contributed by atoms with Crippen LogP contribution in [0.2, 0.25) is 0 Å². The summed E-state index contributed by atoms with van der Waals surface area (Å²) in [6, 6.07) is 0.307. The Balaban J connectivity index is 2.16. The first-order valence-electron chi connectivity index (χ1n) is 6.80. The normalized spacial score (nSPS) is 29.2. The van der Waals surface area contributed by atoms with Crippen LogP contribution in [-0.2, 0) is 0 Å². The molecule has 1 N–H and O–H groups in total. The van der Waals surface area contributed by atoms with Crippen LogP contribution in [0.1, 0.15) is 49.1 Å². The molecule has 1 aromatic heterocycles. The van der Waals surface area contributed by atoms with Crippen molar-refractivity contribution in [3.63, 3.8) is 0 Å². The van der Waals surface area contributed by atoms with E-state index in [1.807, 2.05) is 36.8 Å². The van der Waals surface area contributed by atoms with Gasteiger partial charge in [0.15, 0.2) is 0 Å². The van der Waals surface area contributed by atoms with E-state index in [4.69, 9.17) is 4.98 Å². The quantitative estimate of drug-likeness (QED) is 0.926. The van der Waals surface area contributed by atoms with E-state index in [0.717, 1.165) is 22.5 Å². The summed E-state index contributed by atoms with van der Waals surface area (Å²) in [4.78, 5) is 9.35. The van der Waals surface area contributed by atoms with Crippen LogP contribution < -0.4 is 5.32 Å². The maximum Gasteiger partial charge on any atom is 0.142 e. The second kappa shape index (κ2) is 6.46. The summed E-state index contributed by atoms with van der Waals surface area (Å²) in [5, 5.41) is 5.08. The number of hydrogen-bond acceptors (Lipinski definition) is 5. The lowest BCUT2D eigenvalue weighted by molar-refractivity contribution is 0.637. The second-order valence-electron chi connectivity index (χ2n) is 5.15. The van der Waals surface area contributed by atoms with E-state index in [0.29, 0.717) is 16.5 Å². The van der Waals surface area contributed by atoms with Crippen molar-refractivity contribution in [3.8, 4) is 0 Å². The van der Waals surface area contributed by atoms with Gasteiger partial charge in [-0.05, 0) is 20.9 Å². The molecule has 1 aliphatic rings. The van der Waals surface area contributed by atoms with Crippen molar-refractivity contribution in [1.29, 1.82) is 0 Å². The van der Waals surface area contributed by atoms with Gasteiger partial charge in [-0.1, -0.05) is 13.8 Å². The van der Waals surface area contributed by atoms with E-state index in [1.165, 1.54) is 5.56 Å². The molecule has 1 aliphatic heterocycles. The first-order chi connectivity index (χ1) is 9.02. The Morgan fingerprint density at radius 2 is 2.11 bits per heavy atom. The van der Waals surface area contributed by atoms with E-state index in [-0.39, 0.29) is 0 Å². The minimum absolute atomic E-state index is 0.307. The number of thioether (sulfide) groups is 2. The molecule has 0 aromatic carbocycles. The largest absolute Gasteiger partial charge is 0.313 e. The van der Waals surface area contributed by atoms with Gasteiger partial charge in [0.2, 0.25) is 0 Å². The van der Waals surface area contributed by atoms with Gasteiger partial charge < -0.3 is 5.32 Å². The molecule has 5 heteroatoms. The van der Waals surface area contributed by atoms with Gasteiger partial charge in [-0.25, -0.2) is 9.97 Å². The van der Waals surface area contributed by atoms with Gasteiger partial charge in [0.25, 0.3) is 0 Å². The van der Waals surface area contributed by atoms with Gasteiger partial charge in [-0.15, -0.1) is 11.8 Å². The summed E-state index contributed by atoms with van der Waals surface area (Å²) in [6.07, 6.45) is 1.99. The van der Waals surface area contributed by atoms with Crippen LogP contribution in [0.15, 0.2) is 6.20 Å². The van der Waals surface area contributed by atoms with Crippen LogP contribution in [0.3, 0.4) is 0 Å². The van der Waals surface area contributed by atoms with Crippen LogP contribution in [0.25, 0.3) is 0 Å². The summed E-state index contributed by atoms with van der Waals surface area (Å²) in [7, 11) is 1.97. The zero-order valence-corrected chi connectivity index (χ0v) is 13.9. The molecule has 1 saturated heterocycles. The molecule has 4 unspecified atom stereocenters. The van der Waals surface area contributed by atoms with Crippen molar-refractivity contribution >= 4 is 23.5 Å². The smallest absolute Gasteiger partial charge is 0.142 e. The summed E-state index contributed by atoms with van der Waals surface area (Å²) in [5.41, 5.74) is 2.30. The Morgan fingerprint density at radius 3 is 2.68 bits per heavy atom. The monoisotopic (exact) mass is 297 g/mol. The molecule has 0 saturated carbocycles. The van der Waals surface area contributed by atoms with Crippen LogP contribution >= 0.6 is 23.5 Å². The molecule has 0 aliphatic carbocycles. The number of rotatable bonds is 3. The third kappa shape index (κ3) is 3.44. The van der Waals surface area contributed by atoms with Crippen molar-refractivity contribution in [3.05, 3.63) is 23.3 Å². The number of nitrogens with one attached hydrogen (secondary N) is 1. The molecule has 3 nitrogen and oxygen atoms in total. The number of nitrogens with zero attached hydrogens (tertiary/aromatic N) is 2. The maximum absolute atomic E-state index is 4.74. The van der Waals surface area contributed by atoms with E-state index in [9.17, 15) is 0 Å². The third-order valence-corrected chi connectivity index (χ3v) is 7.16. The molecule has 106 valence electrons. The molecule has 2 heterocycles. The van der Waals surface area contributed by atoms with Gasteiger partial charge in [-0.2, -0.15) is 11.8 Å². The second-order valence-corrected chi connectivity index (χ2v) is 8.14. The molecule has 0 amide bonds. The van der Waals surface area contributed by atoms with Crippen molar-refractivity contribution in [2.75, 3.05) is 12.8 Å². The Hall–Kier alpha value is -0.260. The average molecular weight is 297 g/mol. The summed E-state index contributed by atoms with van der Waals surface area (Å²) in [6.45, 7) is 8.84. The highest BCUT2D eigenvalue weighted by atomic mass is 32.2. The topological polar surface area (TPSA) is 37.8 Å². The Morgan fingerprint density at radius 1 is 1.37 bits per heavy atom. The van der Waals surface area contributed by atoms with Gasteiger partial charge in [-0.3, -0.25) is 0 Å². The van der Waals surface area contributed by atoms with E-state index in [1.54, 1.807) is 0 Å². The van der Waals surface area contributed by atoms with Crippen LogP contribution in [-0.4, -0.2) is 33.3 Å². The van der Waals surface area contributed by atoms with E-state index < -0.39 is 0 Å². The Labute approximate surface area is 124 Å². The predicted molar refractivity (Wildman–Crippen MR) is 86.0 cm³/mol. The number of aryl methyl sites for hydroxylation is 1. The molecule has 2 rings (SSSR count). The van der Waals surface area contributed by atoms with Gasteiger partial charge >= 0.3 is 0 Å². The highest BCUT2D eigenvalue weighted by Gasteiger charge is 2.28. The standard InChI is InChI=1S/C14H23N3S2/c1-8(15-5)12-6-16-14(17-9(12)2)13-7-18-10(3)11(4)19-13/h6,8,10-11,13,15H,7H2,1-5H3. The zero-order valence-electron chi connectivity index (χ0n) is 12.3. The fourth-order valence-corrected chi connectivity index (χ4v) is 5.00. The molecule has 19 heavy (non-hydrogen) atoms. The van der Waals surface area contributed by atoms with Crippen molar-refractivity contribution in [1.82, 2.24) is 15.3 Å². The predicted octanol–water partition coefficient (Wildman–Crippen LogP) is 3.36. The molecule has 1 aromatic rings. The average Bonchev–Trinajstić information content (AvgIpc) is 2.41. The minimum atomic E-state index is 0.307. The number of hydrogen-bond donors (Lipinski definition) is 1. The molecule has 1 fully saturated rings. The maximum atomic E-state index is 4.74. The van der Waals surface area contributed by atoms with Crippen LogP contribution in [0.4, 0.5) is 0 Å². The zero-order chi connectivity index (χ0) is 14.0. The highest BCUT2D eigenvalue weighted by molar-refractivity contribution is 8.07. The third-order valence-electron chi connectivity index (χ3n) is 3.77. The van der Waals surface area contributed by atoms with Crippen LogP contribution in [0.5, 0.6) is 0 Å². The first-order valence-corrected chi connectivity index (χ1v) is 8.79. The number of aromatic nitrogens is 2. The lowest BCUT2D eigenvalue weighted by Gasteiger charge is -2.30. The molecular formula is C14H23N3S2. The molecule has 0 spiro atoms. The van der Waals surface area contributed by atoms with Crippen molar-refractivity contribution in [2.24, 2.45) is 0 Å². The molecule has 0 radical (unpaired) electrons. The van der Waals surface area contributed by atoms with Gasteiger partial charge in [0.05, 0.1) is 5.25 Å². The lowest BCUT2D eigenvalue weighted by Crippen LogP contribution is -2.23. The molecular weight excluding hydrogens is 274 g/mol. The fraction of sp³-hybridized carbons (Fsp3) is 0.714. The van der Waals surface area contributed by atoms with E-state index >= 15 is 0 Å². The lowest BCUT2D eigenvalue weighted by atomic mass is 10.1. The SMILES string of the molecule is CNC(C)c1cnc(C2CSC(C)C(C)S2)nc1C. The fourth-order valence-electron chi connectivity index (χ4n) is 2.15. The summed E-state index contributed by atoms with van der Waals surface area (Å²) >= 11 is 4.05. The van der Waals surface area contributed by atoms with Crippen molar-refractivity contribution < 1.29 is 0 Å².